The molecule has 6 aromatic carbocycles. The molecule has 418 valence electrons. The minimum Gasteiger partial charge on any atom is -0.492 e. The molecule has 5 N–H and O–H groups in total. The zero-order valence-corrected chi connectivity index (χ0v) is 46.5. The zero-order chi connectivity index (χ0) is 56.2. The molecule has 0 atom stereocenters. The SMILES string of the molecule is Cc1ccc(-n2nc(C(C)(C)C=O)cc2NC(=O)Nc2ccc(OCCN3CCOCC3)c3ccccc23)cc1.Cc1ccc(-n2nc(C(C)(C)CO)cc2NC(=O)Nc2ccc(OCCN3CCOCC3)c3ccccc23)cc1. The van der Waals surface area contributed by atoms with E-state index in [-0.39, 0.29) is 6.61 Å². The second-order valence-corrected chi connectivity index (χ2v) is 21.3. The van der Waals surface area contributed by atoms with Crippen molar-refractivity contribution in [2.24, 2.45) is 0 Å². The number of amides is 4. The molecule has 2 aliphatic heterocycles. The maximum absolute atomic E-state index is 13.3. The molecule has 4 heterocycles. The number of hydrogen-bond donors (Lipinski definition) is 5. The first-order valence-electron chi connectivity index (χ1n) is 27.2. The van der Waals surface area contributed by atoms with Gasteiger partial charge in [0.25, 0.3) is 0 Å². The van der Waals surface area contributed by atoms with Crippen molar-refractivity contribution < 1.29 is 38.4 Å². The van der Waals surface area contributed by atoms with E-state index in [1.807, 2.05) is 149 Å². The number of ether oxygens (including phenoxy) is 4. The van der Waals surface area contributed by atoms with Crippen molar-refractivity contribution in [3.8, 4) is 22.9 Å². The van der Waals surface area contributed by atoms with Crippen LogP contribution in [0.15, 0.2) is 133 Å². The van der Waals surface area contributed by atoms with Gasteiger partial charge >= 0.3 is 12.1 Å². The standard InChI is InChI=1S/C31H37N5O4.C31H35N5O4/c2*1-22-8-10-23(11-9-22)36-29(20-28(34-36)31(2,3)21-37)33-30(38)32-26-12-13-27(25-7-5-4-6-24(25)26)40-19-16-35-14-17-39-18-15-35/h4-13,20,37H,14-19,21H2,1-3H3,(H2,32,33,38);4-13,20-21H,14-19H2,1-3H3,(H2,32,33,38). The monoisotopic (exact) mass is 1080 g/mol. The fraction of sp³-hybridized carbons (Fsp3) is 0.339. The first kappa shape index (κ1) is 56.6. The Bertz CT molecular complexity index is 3400. The smallest absolute Gasteiger partial charge is 0.324 e. The van der Waals surface area contributed by atoms with Crippen LogP contribution in [0.3, 0.4) is 0 Å². The average Bonchev–Trinajstić information content (AvgIpc) is 4.13. The lowest BCUT2D eigenvalue weighted by Gasteiger charge is -2.26. The number of aliphatic hydroxyl groups excluding tert-OH is 1. The van der Waals surface area contributed by atoms with Gasteiger partial charge in [-0.2, -0.15) is 10.2 Å². The normalized spacial score (nSPS) is 14.2. The van der Waals surface area contributed by atoms with Crippen LogP contribution in [0.5, 0.6) is 11.5 Å². The number of hydrogen-bond acceptors (Lipinski definition) is 12. The number of fused-ring (bicyclic) bond motifs is 2. The van der Waals surface area contributed by atoms with Gasteiger partial charge in [-0.25, -0.2) is 19.0 Å². The highest BCUT2D eigenvalue weighted by molar-refractivity contribution is 6.08. The predicted molar refractivity (Wildman–Crippen MR) is 314 cm³/mol. The number of benzene rings is 6. The van der Waals surface area contributed by atoms with Crippen molar-refractivity contribution in [1.29, 1.82) is 0 Å². The summed E-state index contributed by atoms with van der Waals surface area (Å²) >= 11 is 0. The Hall–Kier alpha value is -8.13. The van der Waals surface area contributed by atoms with E-state index in [1.165, 1.54) is 0 Å². The van der Waals surface area contributed by atoms with Crippen LogP contribution in [-0.2, 0) is 25.1 Å². The maximum atomic E-state index is 13.3. The molecule has 0 spiro atoms. The van der Waals surface area contributed by atoms with E-state index in [0.717, 1.165) is 128 Å². The van der Waals surface area contributed by atoms with Gasteiger partial charge in [-0.1, -0.05) is 97.8 Å². The third-order valence-electron chi connectivity index (χ3n) is 14.3. The van der Waals surface area contributed by atoms with Gasteiger partial charge in [0.2, 0.25) is 0 Å². The number of aliphatic hydroxyl groups is 1. The van der Waals surface area contributed by atoms with Crippen LogP contribution in [0.2, 0.25) is 0 Å². The van der Waals surface area contributed by atoms with E-state index in [1.54, 1.807) is 35.3 Å². The molecular weight excluding hydrogens is 1010 g/mol. The number of aldehydes is 1. The van der Waals surface area contributed by atoms with Gasteiger partial charge in [0.1, 0.15) is 42.6 Å². The van der Waals surface area contributed by atoms with Crippen LogP contribution in [0.1, 0.15) is 50.2 Å². The molecule has 0 saturated carbocycles. The molecule has 18 nitrogen and oxygen atoms in total. The number of nitrogens with zero attached hydrogens (tertiary/aromatic N) is 6. The second kappa shape index (κ2) is 25.8. The lowest BCUT2D eigenvalue weighted by molar-refractivity contribution is -0.111. The summed E-state index contributed by atoms with van der Waals surface area (Å²) in [5.41, 5.74) is 5.00. The minimum atomic E-state index is -0.809. The summed E-state index contributed by atoms with van der Waals surface area (Å²) in [4.78, 5) is 42.9. The minimum absolute atomic E-state index is 0.0730. The van der Waals surface area contributed by atoms with E-state index in [9.17, 15) is 19.5 Å². The Labute approximate surface area is 466 Å². The highest BCUT2D eigenvalue weighted by atomic mass is 16.5. The third kappa shape index (κ3) is 14.0. The quantitative estimate of drug-likeness (QED) is 0.0511. The van der Waals surface area contributed by atoms with Crippen molar-refractivity contribution in [3.05, 3.63) is 156 Å². The summed E-state index contributed by atoms with van der Waals surface area (Å²) in [5.74, 6) is 2.51. The van der Waals surface area contributed by atoms with Crippen LogP contribution in [0, 0.1) is 13.8 Å². The largest absolute Gasteiger partial charge is 0.492 e. The number of aryl methyl sites for hydroxylation is 2. The van der Waals surface area contributed by atoms with Crippen LogP contribution >= 0.6 is 0 Å². The van der Waals surface area contributed by atoms with Gasteiger partial charge < -0.3 is 39.5 Å². The highest BCUT2D eigenvalue weighted by Crippen LogP contribution is 2.35. The Morgan fingerprint density at radius 2 is 0.963 bits per heavy atom. The summed E-state index contributed by atoms with van der Waals surface area (Å²) < 4.78 is 26.5. The molecule has 2 aromatic heterocycles. The molecule has 4 amide bonds. The van der Waals surface area contributed by atoms with Gasteiger partial charge in [-0.3, -0.25) is 20.4 Å². The van der Waals surface area contributed by atoms with Crippen molar-refractivity contribution >= 4 is 62.9 Å². The van der Waals surface area contributed by atoms with Crippen molar-refractivity contribution in [3.63, 3.8) is 0 Å². The molecule has 18 heteroatoms. The summed E-state index contributed by atoms with van der Waals surface area (Å²) in [6, 6.07) is 41.6. The third-order valence-corrected chi connectivity index (χ3v) is 14.3. The van der Waals surface area contributed by atoms with Gasteiger partial charge in [0.05, 0.1) is 72.6 Å². The van der Waals surface area contributed by atoms with E-state index in [4.69, 9.17) is 24.0 Å². The number of morpholine rings is 2. The fourth-order valence-corrected chi connectivity index (χ4v) is 9.26. The van der Waals surface area contributed by atoms with E-state index < -0.39 is 22.9 Å². The summed E-state index contributed by atoms with van der Waals surface area (Å²) in [7, 11) is 0. The molecule has 2 fully saturated rings. The molecule has 2 aliphatic rings. The fourth-order valence-electron chi connectivity index (χ4n) is 9.26. The Kier molecular flexibility index (Phi) is 18.2. The maximum Gasteiger partial charge on any atom is 0.324 e. The van der Waals surface area contributed by atoms with Crippen LogP contribution in [0.4, 0.5) is 32.6 Å². The van der Waals surface area contributed by atoms with Crippen molar-refractivity contribution in [2.75, 3.05) is 107 Å². The number of carbonyl (C=O) groups is 3. The van der Waals surface area contributed by atoms with E-state index >= 15 is 0 Å². The predicted octanol–water partition coefficient (Wildman–Crippen LogP) is 10.1. The van der Waals surface area contributed by atoms with Gasteiger partial charge in [-0.15, -0.1) is 0 Å². The molecule has 8 aromatic rings. The second-order valence-electron chi connectivity index (χ2n) is 21.3. The lowest BCUT2D eigenvalue weighted by Crippen LogP contribution is -2.38. The highest BCUT2D eigenvalue weighted by Gasteiger charge is 2.28. The van der Waals surface area contributed by atoms with Crippen LogP contribution < -0.4 is 30.7 Å². The van der Waals surface area contributed by atoms with E-state index in [0.29, 0.717) is 47.6 Å². The van der Waals surface area contributed by atoms with Crippen LogP contribution in [0.25, 0.3) is 32.9 Å². The first-order valence-corrected chi connectivity index (χ1v) is 27.2. The number of rotatable bonds is 18. The Morgan fingerprint density at radius 3 is 1.38 bits per heavy atom. The molecule has 2 saturated heterocycles. The zero-order valence-electron chi connectivity index (χ0n) is 46.5. The molecule has 0 radical (unpaired) electrons. The summed E-state index contributed by atoms with van der Waals surface area (Å²) in [5, 5.41) is 34.8. The Balaban J connectivity index is 0.000000194. The molecule has 0 bridgehead atoms. The van der Waals surface area contributed by atoms with Gasteiger partial charge in [0, 0.05) is 78.4 Å². The van der Waals surface area contributed by atoms with Gasteiger partial charge in [0.15, 0.2) is 0 Å². The first-order chi connectivity index (χ1) is 38.7. The lowest BCUT2D eigenvalue weighted by atomic mass is 9.91. The number of carbonyl (C=O) groups excluding carboxylic acids is 3. The number of nitrogens with one attached hydrogen (secondary N) is 4. The number of anilines is 4. The molecule has 0 aliphatic carbocycles. The summed E-state index contributed by atoms with van der Waals surface area (Å²) in [6.07, 6.45) is 0.857. The van der Waals surface area contributed by atoms with Crippen LogP contribution in [-0.4, -0.2) is 138 Å². The molecule has 0 unspecified atom stereocenters. The number of urea groups is 2. The molecule has 80 heavy (non-hydrogen) atoms. The van der Waals surface area contributed by atoms with E-state index in [2.05, 4.69) is 36.2 Å². The Morgan fingerprint density at radius 1 is 0.562 bits per heavy atom. The average molecular weight is 1090 g/mol. The van der Waals surface area contributed by atoms with Crippen molar-refractivity contribution in [2.45, 2.75) is 52.4 Å². The molecule has 10 rings (SSSR count). The van der Waals surface area contributed by atoms with Crippen molar-refractivity contribution in [1.82, 2.24) is 29.4 Å². The van der Waals surface area contributed by atoms with Gasteiger partial charge in [-0.05, 0) is 76.2 Å². The topological polar surface area (TPSA) is 199 Å². The number of aromatic nitrogens is 4. The molecular formula is C62H72N10O8. The summed E-state index contributed by atoms with van der Waals surface area (Å²) in [6.45, 7) is 20.9.